The quantitative estimate of drug-likeness (QED) is 0.703. The fraction of sp³-hybridized carbons (Fsp3) is 0.238. The first-order valence-corrected chi connectivity index (χ1v) is 9.43. The topological polar surface area (TPSA) is 49.4 Å². The first-order chi connectivity index (χ1) is 12.8. The van der Waals surface area contributed by atoms with Crippen molar-refractivity contribution in [1.29, 1.82) is 0 Å². The molecule has 3 rings (SSSR count). The van der Waals surface area contributed by atoms with Gasteiger partial charge in [0.2, 0.25) is 0 Å². The van der Waals surface area contributed by atoms with Crippen LogP contribution < -0.4 is 5.32 Å². The highest BCUT2D eigenvalue weighted by Gasteiger charge is 2.40. The molecule has 1 N–H and O–H groups in total. The molecule has 0 bridgehead atoms. The maximum atomic E-state index is 13.1. The molecule has 0 fully saturated rings. The monoisotopic (exact) mass is 402 g/mol. The minimum Gasteiger partial charge on any atom is -0.350 e. The lowest BCUT2D eigenvalue weighted by atomic mass is 10.0. The number of amides is 2. The lowest BCUT2D eigenvalue weighted by molar-refractivity contribution is -0.137. The normalized spacial score (nSPS) is 14.5. The van der Waals surface area contributed by atoms with E-state index in [2.05, 4.69) is 5.32 Å². The van der Waals surface area contributed by atoms with Gasteiger partial charge in [0.15, 0.2) is 0 Å². The van der Waals surface area contributed by atoms with E-state index >= 15 is 0 Å². The molecule has 0 spiro atoms. The van der Waals surface area contributed by atoms with E-state index in [-0.39, 0.29) is 29.0 Å². The Labute approximate surface area is 168 Å². The van der Waals surface area contributed by atoms with Crippen molar-refractivity contribution in [1.82, 2.24) is 4.90 Å². The van der Waals surface area contributed by atoms with E-state index in [0.717, 1.165) is 11.3 Å². The summed E-state index contributed by atoms with van der Waals surface area (Å²) in [5.74, 6) is -0.551. The summed E-state index contributed by atoms with van der Waals surface area (Å²) in [6, 6.07) is 12.5. The van der Waals surface area contributed by atoms with Crippen LogP contribution in [0.25, 0.3) is 5.57 Å². The van der Waals surface area contributed by atoms with Gasteiger partial charge in [-0.05, 0) is 36.6 Å². The largest absolute Gasteiger partial charge is 0.350 e. The number of halogens is 2. The first kappa shape index (κ1) is 19.5. The van der Waals surface area contributed by atoms with Crippen LogP contribution in [-0.2, 0) is 9.59 Å². The van der Waals surface area contributed by atoms with Gasteiger partial charge in [-0.3, -0.25) is 14.5 Å². The molecule has 1 heterocycles. The van der Waals surface area contributed by atoms with Gasteiger partial charge >= 0.3 is 0 Å². The van der Waals surface area contributed by atoms with Crippen molar-refractivity contribution in [2.45, 2.75) is 20.8 Å². The van der Waals surface area contributed by atoms with Crippen LogP contribution in [0.1, 0.15) is 25.0 Å². The van der Waals surface area contributed by atoms with Crippen molar-refractivity contribution in [2.75, 3.05) is 11.9 Å². The summed E-state index contributed by atoms with van der Waals surface area (Å²) in [6.45, 7) is 6.20. The number of anilines is 1. The lowest BCUT2D eigenvalue weighted by Crippen LogP contribution is -2.35. The molecular formula is C21H20Cl2N2O2. The first-order valence-electron chi connectivity index (χ1n) is 8.68. The zero-order chi connectivity index (χ0) is 19.7. The van der Waals surface area contributed by atoms with E-state index in [0.29, 0.717) is 22.2 Å². The Morgan fingerprint density at radius 3 is 2.37 bits per heavy atom. The molecule has 0 radical (unpaired) electrons. The number of nitrogens with zero attached hydrogens (tertiary/aromatic N) is 1. The number of hydrogen-bond acceptors (Lipinski definition) is 3. The van der Waals surface area contributed by atoms with Crippen molar-refractivity contribution in [3.63, 3.8) is 0 Å². The SMILES string of the molecule is Cc1ccccc1NC1=C(c2ccc(Cl)cc2Cl)C(=O)N(CC(C)C)C1=O. The smallest absolute Gasteiger partial charge is 0.278 e. The third-order valence-corrected chi connectivity index (χ3v) is 4.87. The van der Waals surface area contributed by atoms with E-state index in [1.165, 1.54) is 4.90 Å². The van der Waals surface area contributed by atoms with Crippen LogP contribution in [0, 0.1) is 12.8 Å². The molecule has 140 valence electrons. The van der Waals surface area contributed by atoms with Gasteiger partial charge in [0.1, 0.15) is 5.70 Å². The Morgan fingerprint density at radius 2 is 1.74 bits per heavy atom. The Kier molecular flexibility index (Phi) is 5.59. The molecule has 2 aromatic carbocycles. The van der Waals surface area contributed by atoms with E-state index in [1.807, 2.05) is 45.0 Å². The number of benzene rings is 2. The molecule has 4 nitrogen and oxygen atoms in total. The van der Waals surface area contributed by atoms with Crippen LogP contribution in [0.2, 0.25) is 10.0 Å². The Morgan fingerprint density at radius 1 is 1.04 bits per heavy atom. The van der Waals surface area contributed by atoms with Crippen LogP contribution in [0.15, 0.2) is 48.2 Å². The molecule has 2 aromatic rings. The molecule has 2 amide bonds. The fourth-order valence-electron chi connectivity index (χ4n) is 3.01. The van der Waals surface area contributed by atoms with Crippen LogP contribution >= 0.6 is 23.2 Å². The van der Waals surface area contributed by atoms with Gasteiger partial charge in [0, 0.05) is 22.8 Å². The van der Waals surface area contributed by atoms with Gasteiger partial charge in [0.25, 0.3) is 11.8 Å². The van der Waals surface area contributed by atoms with E-state index in [9.17, 15) is 9.59 Å². The van der Waals surface area contributed by atoms with Gasteiger partial charge in [-0.2, -0.15) is 0 Å². The molecule has 6 heteroatoms. The summed E-state index contributed by atoms with van der Waals surface area (Å²) in [5.41, 5.74) is 2.73. The number of nitrogens with one attached hydrogen (secondary N) is 1. The summed E-state index contributed by atoms with van der Waals surface area (Å²) < 4.78 is 0. The van der Waals surface area contributed by atoms with E-state index in [1.54, 1.807) is 18.2 Å². The minimum absolute atomic E-state index is 0.151. The van der Waals surface area contributed by atoms with Crippen LogP contribution in [0.5, 0.6) is 0 Å². The Bertz CT molecular complexity index is 951. The van der Waals surface area contributed by atoms with Crippen LogP contribution in [0.3, 0.4) is 0 Å². The molecule has 0 saturated carbocycles. The molecule has 0 atom stereocenters. The molecule has 1 aliphatic rings. The van der Waals surface area contributed by atoms with Gasteiger partial charge in [-0.25, -0.2) is 0 Å². The molecule has 0 saturated heterocycles. The van der Waals surface area contributed by atoms with Crippen molar-refractivity contribution in [2.24, 2.45) is 5.92 Å². The summed E-state index contributed by atoms with van der Waals surface area (Å²) in [6.07, 6.45) is 0. The maximum Gasteiger partial charge on any atom is 0.278 e. The second-order valence-corrected chi connectivity index (χ2v) is 7.77. The number of carbonyl (C=O) groups excluding carboxylic acids is 2. The highest BCUT2D eigenvalue weighted by Crippen LogP contribution is 2.36. The summed E-state index contributed by atoms with van der Waals surface area (Å²) >= 11 is 12.3. The van der Waals surface area contributed by atoms with Crippen molar-refractivity contribution in [3.8, 4) is 0 Å². The van der Waals surface area contributed by atoms with Gasteiger partial charge in [-0.15, -0.1) is 0 Å². The molecule has 0 aromatic heterocycles. The van der Waals surface area contributed by atoms with Crippen LogP contribution in [0.4, 0.5) is 5.69 Å². The molecular weight excluding hydrogens is 383 g/mol. The van der Waals surface area contributed by atoms with Gasteiger partial charge in [0.05, 0.1) is 10.6 Å². The molecule has 1 aliphatic heterocycles. The average Bonchev–Trinajstić information content (AvgIpc) is 2.81. The van der Waals surface area contributed by atoms with Crippen molar-refractivity contribution in [3.05, 3.63) is 69.3 Å². The standard InChI is InChI=1S/C21H20Cl2N2O2/c1-12(2)11-25-20(26)18(15-9-8-14(22)10-16(15)23)19(21(25)27)24-17-7-5-4-6-13(17)3/h4-10,12,24H,11H2,1-3H3. The van der Waals surface area contributed by atoms with E-state index < -0.39 is 0 Å². The van der Waals surface area contributed by atoms with Gasteiger partial charge < -0.3 is 5.32 Å². The summed E-state index contributed by atoms with van der Waals surface area (Å²) in [7, 11) is 0. The number of para-hydroxylation sites is 1. The lowest BCUT2D eigenvalue weighted by Gasteiger charge is -2.17. The second-order valence-electron chi connectivity index (χ2n) is 6.93. The predicted molar refractivity (Wildman–Crippen MR) is 110 cm³/mol. The molecule has 0 unspecified atom stereocenters. The molecule has 0 aliphatic carbocycles. The predicted octanol–water partition coefficient (Wildman–Crippen LogP) is 5.15. The highest BCUT2D eigenvalue weighted by atomic mass is 35.5. The summed E-state index contributed by atoms with van der Waals surface area (Å²) in [5, 5.41) is 3.95. The van der Waals surface area contributed by atoms with Crippen molar-refractivity contribution >= 4 is 46.3 Å². The van der Waals surface area contributed by atoms with Crippen molar-refractivity contribution < 1.29 is 9.59 Å². The molecule has 27 heavy (non-hydrogen) atoms. The fourth-order valence-corrected chi connectivity index (χ4v) is 3.52. The number of hydrogen-bond donors (Lipinski definition) is 1. The van der Waals surface area contributed by atoms with Crippen LogP contribution in [-0.4, -0.2) is 23.3 Å². The second kappa shape index (κ2) is 7.75. The number of carbonyl (C=O) groups is 2. The highest BCUT2D eigenvalue weighted by molar-refractivity contribution is 6.41. The summed E-state index contributed by atoms with van der Waals surface area (Å²) in [4.78, 5) is 27.4. The average molecular weight is 403 g/mol. The number of rotatable bonds is 5. The minimum atomic E-state index is -0.353. The Balaban J connectivity index is 2.13. The Hall–Kier alpha value is -2.30. The third-order valence-electron chi connectivity index (χ3n) is 4.32. The maximum absolute atomic E-state index is 13.1. The zero-order valence-electron chi connectivity index (χ0n) is 15.3. The third kappa shape index (κ3) is 3.87. The van der Waals surface area contributed by atoms with E-state index in [4.69, 9.17) is 23.2 Å². The van der Waals surface area contributed by atoms with Gasteiger partial charge in [-0.1, -0.05) is 61.3 Å². The number of aryl methyl sites for hydroxylation is 1. The zero-order valence-corrected chi connectivity index (χ0v) is 16.9. The number of imide groups is 1.